The highest BCUT2D eigenvalue weighted by molar-refractivity contribution is 6.02. The highest BCUT2D eigenvalue weighted by Crippen LogP contribution is 2.17. The van der Waals surface area contributed by atoms with E-state index < -0.39 is 0 Å². The van der Waals surface area contributed by atoms with Crippen LogP contribution in [0.1, 0.15) is 0 Å². The third kappa shape index (κ3) is 2.12. The molecule has 1 N–H and O–H groups in total. The summed E-state index contributed by atoms with van der Waals surface area (Å²) >= 11 is 0. The van der Waals surface area contributed by atoms with Gasteiger partial charge in [0.2, 0.25) is 0 Å². The van der Waals surface area contributed by atoms with Crippen LogP contribution in [-0.4, -0.2) is 9.97 Å². The second kappa shape index (κ2) is 5.17. The third-order valence-electron chi connectivity index (χ3n) is 2.48. The first-order chi connectivity index (χ1) is 7.36. The van der Waals surface area contributed by atoms with Crippen LogP contribution in [0.4, 0.5) is 0 Å². The molecule has 0 amide bonds. The standard InChI is InChI=1S/C12H8N2O.2ClH/c15-12-9-5-3-7-13-11(9)8-4-1-2-6-10(8)14-12;;/h1-7H,(H,14,15);2*1H. The highest BCUT2D eigenvalue weighted by atomic mass is 35.5. The van der Waals surface area contributed by atoms with Crippen LogP contribution in [-0.2, 0) is 0 Å². The van der Waals surface area contributed by atoms with Gasteiger partial charge in [-0.15, -0.1) is 24.8 Å². The van der Waals surface area contributed by atoms with Gasteiger partial charge in [-0.05, 0) is 18.2 Å². The Morgan fingerprint density at radius 3 is 2.47 bits per heavy atom. The Morgan fingerprint density at radius 2 is 1.65 bits per heavy atom. The molecule has 3 aromatic rings. The zero-order valence-electron chi connectivity index (χ0n) is 8.71. The van der Waals surface area contributed by atoms with Crippen molar-refractivity contribution in [2.75, 3.05) is 0 Å². The molecule has 0 atom stereocenters. The Morgan fingerprint density at radius 1 is 0.941 bits per heavy atom. The van der Waals surface area contributed by atoms with Gasteiger partial charge < -0.3 is 4.98 Å². The van der Waals surface area contributed by atoms with E-state index in [2.05, 4.69) is 9.97 Å². The number of H-pyrrole nitrogens is 1. The number of nitrogens with one attached hydrogen (secondary N) is 1. The van der Waals surface area contributed by atoms with Gasteiger partial charge in [0, 0.05) is 11.6 Å². The summed E-state index contributed by atoms with van der Waals surface area (Å²) in [6.07, 6.45) is 1.70. The molecule has 0 aliphatic heterocycles. The lowest BCUT2D eigenvalue weighted by molar-refractivity contribution is 1.32. The van der Waals surface area contributed by atoms with E-state index >= 15 is 0 Å². The lowest BCUT2D eigenvalue weighted by Gasteiger charge is -2.01. The van der Waals surface area contributed by atoms with E-state index in [1.165, 1.54) is 0 Å². The van der Waals surface area contributed by atoms with Crippen LogP contribution in [0.25, 0.3) is 21.8 Å². The first-order valence-corrected chi connectivity index (χ1v) is 4.72. The van der Waals surface area contributed by atoms with Gasteiger partial charge in [-0.3, -0.25) is 9.78 Å². The summed E-state index contributed by atoms with van der Waals surface area (Å²) in [5.41, 5.74) is 1.50. The Hall–Kier alpha value is -1.58. The molecule has 3 rings (SSSR count). The second-order valence-corrected chi connectivity index (χ2v) is 3.40. The van der Waals surface area contributed by atoms with Gasteiger partial charge in [-0.1, -0.05) is 18.2 Å². The molecular weight excluding hydrogens is 259 g/mol. The number of fused-ring (bicyclic) bond motifs is 3. The van der Waals surface area contributed by atoms with E-state index in [0.717, 1.165) is 16.4 Å². The number of benzene rings is 1. The Bertz CT molecular complexity index is 709. The number of hydrogen-bond acceptors (Lipinski definition) is 2. The van der Waals surface area contributed by atoms with Gasteiger partial charge in [0.25, 0.3) is 5.56 Å². The molecule has 0 saturated carbocycles. The first kappa shape index (κ1) is 13.5. The van der Waals surface area contributed by atoms with Crippen molar-refractivity contribution in [1.82, 2.24) is 9.97 Å². The van der Waals surface area contributed by atoms with Gasteiger partial charge >= 0.3 is 0 Å². The molecule has 0 unspecified atom stereocenters. The molecule has 88 valence electrons. The van der Waals surface area contributed by atoms with Crippen molar-refractivity contribution in [3.63, 3.8) is 0 Å². The summed E-state index contributed by atoms with van der Waals surface area (Å²) in [4.78, 5) is 18.8. The minimum Gasteiger partial charge on any atom is -0.321 e. The maximum absolute atomic E-state index is 11.7. The number of nitrogens with zero attached hydrogens (tertiary/aromatic N) is 1. The minimum absolute atomic E-state index is 0. The second-order valence-electron chi connectivity index (χ2n) is 3.40. The average molecular weight is 269 g/mol. The Kier molecular flexibility index (Phi) is 4.10. The van der Waals surface area contributed by atoms with Crippen molar-refractivity contribution in [2.24, 2.45) is 0 Å². The zero-order valence-corrected chi connectivity index (χ0v) is 10.3. The molecule has 1 aromatic carbocycles. The molecule has 2 aromatic heterocycles. The van der Waals surface area contributed by atoms with Crippen LogP contribution < -0.4 is 5.56 Å². The fraction of sp³-hybridized carbons (Fsp3) is 0. The van der Waals surface area contributed by atoms with Crippen molar-refractivity contribution >= 4 is 46.6 Å². The van der Waals surface area contributed by atoms with Crippen molar-refractivity contribution in [2.45, 2.75) is 0 Å². The predicted octanol–water partition coefficient (Wildman–Crippen LogP) is 2.92. The topological polar surface area (TPSA) is 45.8 Å². The summed E-state index contributed by atoms with van der Waals surface area (Å²) in [6, 6.07) is 11.2. The van der Waals surface area contributed by atoms with Crippen LogP contribution in [0, 0.1) is 0 Å². The third-order valence-corrected chi connectivity index (χ3v) is 2.48. The van der Waals surface area contributed by atoms with Crippen molar-refractivity contribution < 1.29 is 0 Å². The molecule has 2 heterocycles. The molecule has 0 aliphatic carbocycles. The van der Waals surface area contributed by atoms with Crippen LogP contribution in [0.3, 0.4) is 0 Å². The smallest absolute Gasteiger partial charge is 0.257 e. The summed E-state index contributed by atoms with van der Waals surface area (Å²) in [5.74, 6) is 0. The quantitative estimate of drug-likeness (QED) is 0.638. The molecule has 0 saturated heterocycles. The summed E-state index contributed by atoms with van der Waals surface area (Å²) in [6.45, 7) is 0. The number of para-hydroxylation sites is 1. The van der Waals surface area contributed by atoms with Gasteiger partial charge in [0.1, 0.15) is 0 Å². The predicted molar refractivity (Wildman–Crippen MR) is 74.4 cm³/mol. The van der Waals surface area contributed by atoms with Gasteiger partial charge in [0.15, 0.2) is 0 Å². The largest absolute Gasteiger partial charge is 0.321 e. The van der Waals surface area contributed by atoms with Gasteiger partial charge in [-0.25, -0.2) is 0 Å². The normalized spacial score (nSPS) is 9.65. The molecule has 3 nitrogen and oxygen atoms in total. The average Bonchev–Trinajstić information content (AvgIpc) is 2.30. The van der Waals surface area contributed by atoms with E-state index in [-0.39, 0.29) is 30.4 Å². The number of hydrogen-bond donors (Lipinski definition) is 1. The van der Waals surface area contributed by atoms with Crippen molar-refractivity contribution in [1.29, 1.82) is 0 Å². The van der Waals surface area contributed by atoms with Crippen molar-refractivity contribution in [3.05, 3.63) is 52.9 Å². The van der Waals surface area contributed by atoms with E-state index in [1.54, 1.807) is 18.3 Å². The van der Waals surface area contributed by atoms with E-state index in [4.69, 9.17) is 0 Å². The zero-order chi connectivity index (χ0) is 10.3. The van der Waals surface area contributed by atoms with Crippen LogP contribution in [0.2, 0.25) is 0 Å². The highest BCUT2D eigenvalue weighted by Gasteiger charge is 2.03. The number of rotatable bonds is 0. The number of pyridine rings is 2. The lowest BCUT2D eigenvalue weighted by Crippen LogP contribution is -2.06. The Labute approximate surface area is 110 Å². The SMILES string of the molecule is Cl.Cl.O=c1[nH]c2ccccc2c2ncccc12. The molecule has 5 heteroatoms. The maximum atomic E-state index is 11.7. The van der Waals surface area contributed by atoms with Gasteiger partial charge in [0.05, 0.1) is 16.4 Å². The van der Waals surface area contributed by atoms with Crippen molar-refractivity contribution in [3.8, 4) is 0 Å². The summed E-state index contributed by atoms with van der Waals surface area (Å²) in [5, 5.41) is 1.61. The molecule has 0 fully saturated rings. The number of aromatic amines is 1. The lowest BCUT2D eigenvalue weighted by atomic mass is 10.1. The molecule has 17 heavy (non-hydrogen) atoms. The van der Waals surface area contributed by atoms with E-state index in [9.17, 15) is 4.79 Å². The molecule has 0 aliphatic rings. The Balaban J connectivity index is 0.000000722. The van der Waals surface area contributed by atoms with Crippen LogP contribution >= 0.6 is 24.8 Å². The van der Waals surface area contributed by atoms with Crippen LogP contribution in [0.5, 0.6) is 0 Å². The first-order valence-electron chi connectivity index (χ1n) is 4.72. The fourth-order valence-electron chi connectivity index (χ4n) is 1.79. The molecule has 0 radical (unpaired) electrons. The summed E-state index contributed by atoms with van der Waals surface area (Å²) in [7, 11) is 0. The fourth-order valence-corrected chi connectivity index (χ4v) is 1.79. The van der Waals surface area contributed by atoms with E-state index in [1.807, 2.05) is 24.3 Å². The summed E-state index contributed by atoms with van der Waals surface area (Å²) < 4.78 is 0. The molecule has 0 bridgehead atoms. The molecule has 0 spiro atoms. The van der Waals surface area contributed by atoms with Crippen LogP contribution in [0.15, 0.2) is 47.4 Å². The molecular formula is C12H10Cl2N2O. The van der Waals surface area contributed by atoms with Gasteiger partial charge in [-0.2, -0.15) is 0 Å². The maximum Gasteiger partial charge on any atom is 0.257 e. The monoisotopic (exact) mass is 268 g/mol. The van der Waals surface area contributed by atoms with E-state index in [0.29, 0.717) is 5.39 Å². The number of halogens is 2. The minimum atomic E-state index is -0.0863. The number of aromatic nitrogens is 2.